The minimum absolute atomic E-state index is 0.619. The molecule has 0 aliphatic rings. The van der Waals surface area contributed by atoms with Gasteiger partial charge in [0.05, 0.1) is 0 Å². The zero-order chi connectivity index (χ0) is 36.0. The minimum atomic E-state index is 0.619. The Morgan fingerprint density at radius 2 is 0.780 bits per heavy atom. The van der Waals surface area contributed by atoms with Crippen molar-refractivity contribution in [3.05, 3.63) is 171 Å². The van der Waals surface area contributed by atoms with Crippen LogP contribution in [0.1, 0.15) is 69.1 Å². The summed E-state index contributed by atoms with van der Waals surface area (Å²) in [5, 5.41) is 0. The Labute approximate surface area is 317 Å². The second-order valence-electron chi connectivity index (χ2n) is 12.9. The van der Waals surface area contributed by atoms with Gasteiger partial charge in [-0.25, -0.2) is 0 Å². The van der Waals surface area contributed by atoms with Gasteiger partial charge < -0.3 is 10.6 Å². The number of nitrogen functional groups attached to an aromatic ring is 1. The fourth-order valence-electron chi connectivity index (χ4n) is 5.38. The third-order valence-corrected chi connectivity index (χ3v) is 10.3. The molecule has 50 heavy (non-hydrogen) atoms. The molecule has 2 atom stereocenters. The van der Waals surface area contributed by atoms with Crippen LogP contribution in [-0.2, 0) is 0 Å². The molecule has 0 fully saturated rings. The Hall–Kier alpha value is -4.12. The first-order chi connectivity index (χ1) is 24.1. The molecule has 0 bridgehead atoms. The summed E-state index contributed by atoms with van der Waals surface area (Å²) < 4.78 is 2.22. The van der Waals surface area contributed by atoms with E-state index in [4.69, 9.17) is 5.73 Å². The second kappa shape index (κ2) is 19.3. The highest BCUT2D eigenvalue weighted by Gasteiger charge is 2.07. The molecule has 4 heteroatoms. The summed E-state index contributed by atoms with van der Waals surface area (Å²) in [7, 11) is 2.12. The highest BCUT2D eigenvalue weighted by Crippen LogP contribution is 2.29. The van der Waals surface area contributed by atoms with Crippen molar-refractivity contribution >= 4 is 48.9 Å². The number of halogens is 2. The number of nitrogens with two attached hydrogens (primary N) is 1. The van der Waals surface area contributed by atoms with Gasteiger partial charge in [0.2, 0.25) is 0 Å². The summed E-state index contributed by atoms with van der Waals surface area (Å²) in [5.41, 5.74) is 17.9. The molecular weight excluding hydrogens is 740 g/mol. The van der Waals surface area contributed by atoms with Gasteiger partial charge in [-0.3, -0.25) is 0 Å². The Morgan fingerprint density at radius 1 is 0.480 bits per heavy atom. The van der Waals surface area contributed by atoms with Crippen LogP contribution in [0.3, 0.4) is 0 Å². The van der Waals surface area contributed by atoms with Crippen LogP contribution in [0.5, 0.6) is 0 Å². The van der Waals surface area contributed by atoms with Crippen LogP contribution >= 0.6 is 31.9 Å². The molecule has 0 spiro atoms. The normalized spacial score (nSPS) is 11.7. The summed E-state index contributed by atoms with van der Waals surface area (Å²) in [4.78, 5) is 2.24. The van der Waals surface area contributed by atoms with Crippen LogP contribution in [-0.4, -0.2) is 7.05 Å². The molecule has 2 nitrogen and oxygen atoms in total. The third kappa shape index (κ3) is 11.5. The lowest BCUT2D eigenvalue weighted by Gasteiger charge is -2.21. The van der Waals surface area contributed by atoms with E-state index in [2.05, 4.69) is 212 Å². The SMILES string of the molecule is Brc1ccc(-c2ccc(Br)cc2)cc1.CCC(C)c1ccc(N(C)c2ccc(-c3ccc(C)cc3)cc2)cc1.CCC(C)c1ccc(N)cc1. The number of aryl methyl sites for hydroxylation is 1. The molecule has 6 aromatic rings. The van der Waals surface area contributed by atoms with Crippen molar-refractivity contribution < 1.29 is 0 Å². The zero-order valence-electron chi connectivity index (χ0n) is 30.2. The third-order valence-electron chi connectivity index (χ3n) is 9.24. The summed E-state index contributed by atoms with van der Waals surface area (Å²) >= 11 is 6.84. The first-order valence-corrected chi connectivity index (χ1v) is 19.0. The van der Waals surface area contributed by atoms with Gasteiger partial charge in [0.1, 0.15) is 0 Å². The molecule has 258 valence electrons. The van der Waals surface area contributed by atoms with Gasteiger partial charge in [-0.1, -0.05) is 150 Å². The molecule has 0 aliphatic carbocycles. The van der Waals surface area contributed by atoms with E-state index in [0.29, 0.717) is 11.8 Å². The van der Waals surface area contributed by atoms with Crippen LogP contribution in [0.25, 0.3) is 22.3 Å². The van der Waals surface area contributed by atoms with Crippen LogP contribution in [0.15, 0.2) is 155 Å². The van der Waals surface area contributed by atoms with Crippen molar-refractivity contribution in [1.82, 2.24) is 0 Å². The maximum absolute atomic E-state index is 5.57. The minimum Gasteiger partial charge on any atom is -0.399 e. The van der Waals surface area contributed by atoms with Gasteiger partial charge in [-0.05, 0) is 126 Å². The molecule has 2 N–H and O–H groups in total. The fourth-order valence-corrected chi connectivity index (χ4v) is 5.91. The Balaban J connectivity index is 0.000000189. The number of benzene rings is 6. The largest absolute Gasteiger partial charge is 0.399 e. The Kier molecular flexibility index (Phi) is 14.9. The summed E-state index contributed by atoms with van der Waals surface area (Å²) in [6.07, 6.45) is 2.36. The molecule has 0 radical (unpaired) electrons. The lowest BCUT2D eigenvalue weighted by Crippen LogP contribution is -2.09. The van der Waals surface area contributed by atoms with Crippen LogP contribution in [0, 0.1) is 6.92 Å². The molecule has 0 heterocycles. The predicted molar refractivity (Wildman–Crippen MR) is 227 cm³/mol. The van der Waals surface area contributed by atoms with Gasteiger partial charge >= 0.3 is 0 Å². The first kappa shape index (κ1) is 38.7. The van der Waals surface area contributed by atoms with Crippen molar-refractivity contribution in [1.29, 1.82) is 0 Å². The number of hydrogen-bond acceptors (Lipinski definition) is 2. The van der Waals surface area contributed by atoms with Crippen molar-refractivity contribution in [3.63, 3.8) is 0 Å². The zero-order valence-corrected chi connectivity index (χ0v) is 33.4. The average Bonchev–Trinajstić information content (AvgIpc) is 3.16. The quantitative estimate of drug-likeness (QED) is 0.156. The Morgan fingerprint density at radius 3 is 1.14 bits per heavy atom. The summed E-state index contributed by atoms with van der Waals surface area (Å²) in [5.74, 6) is 1.27. The molecule has 0 saturated carbocycles. The Bertz CT molecular complexity index is 1800. The van der Waals surface area contributed by atoms with Crippen LogP contribution in [0.2, 0.25) is 0 Å². The van der Waals surface area contributed by atoms with E-state index in [1.165, 1.54) is 63.2 Å². The smallest absolute Gasteiger partial charge is 0.0408 e. The monoisotopic (exact) mass is 788 g/mol. The lowest BCUT2D eigenvalue weighted by atomic mass is 9.98. The second-order valence-corrected chi connectivity index (χ2v) is 14.7. The number of anilines is 3. The number of rotatable bonds is 8. The molecule has 0 saturated heterocycles. The highest BCUT2D eigenvalue weighted by atomic mass is 79.9. The van der Waals surface area contributed by atoms with Crippen LogP contribution < -0.4 is 10.6 Å². The van der Waals surface area contributed by atoms with Gasteiger partial charge in [-0.15, -0.1) is 0 Å². The maximum atomic E-state index is 5.57. The van der Waals surface area contributed by atoms with E-state index in [9.17, 15) is 0 Å². The highest BCUT2D eigenvalue weighted by molar-refractivity contribution is 9.10. The van der Waals surface area contributed by atoms with E-state index in [1.54, 1.807) is 0 Å². The molecule has 0 aromatic heterocycles. The van der Waals surface area contributed by atoms with Gasteiger partial charge in [0, 0.05) is 33.1 Å². The molecular formula is C46H50Br2N2. The molecule has 6 aromatic carbocycles. The molecule has 0 aliphatic heterocycles. The van der Waals surface area contributed by atoms with Crippen molar-refractivity contribution in [2.75, 3.05) is 17.7 Å². The van der Waals surface area contributed by atoms with Crippen LogP contribution in [0.4, 0.5) is 17.1 Å². The summed E-state index contributed by atoms with van der Waals surface area (Å²) in [6.45, 7) is 11.1. The fraction of sp³-hybridized carbons (Fsp3) is 0.217. The van der Waals surface area contributed by atoms with E-state index in [1.807, 2.05) is 12.1 Å². The number of nitrogens with zero attached hydrogens (tertiary/aromatic N) is 1. The van der Waals surface area contributed by atoms with E-state index in [-0.39, 0.29) is 0 Å². The van der Waals surface area contributed by atoms with Crippen molar-refractivity contribution in [2.24, 2.45) is 0 Å². The topological polar surface area (TPSA) is 29.3 Å². The molecule has 2 unspecified atom stereocenters. The maximum Gasteiger partial charge on any atom is 0.0408 e. The first-order valence-electron chi connectivity index (χ1n) is 17.5. The van der Waals surface area contributed by atoms with Crippen molar-refractivity contribution in [2.45, 2.75) is 59.3 Å². The van der Waals surface area contributed by atoms with Gasteiger partial charge in [0.15, 0.2) is 0 Å². The van der Waals surface area contributed by atoms with Crippen molar-refractivity contribution in [3.8, 4) is 22.3 Å². The van der Waals surface area contributed by atoms with E-state index >= 15 is 0 Å². The van der Waals surface area contributed by atoms with Gasteiger partial charge in [-0.2, -0.15) is 0 Å². The van der Waals surface area contributed by atoms with E-state index in [0.717, 1.165) is 14.6 Å². The predicted octanol–water partition coefficient (Wildman–Crippen LogP) is 14.6. The van der Waals surface area contributed by atoms with E-state index < -0.39 is 0 Å². The average molecular weight is 791 g/mol. The molecule has 0 amide bonds. The number of hydrogen-bond donors (Lipinski definition) is 1. The van der Waals surface area contributed by atoms with Gasteiger partial charge in [0.25, 0.3) is 0 Å². The lowest BCUT2D eigenvalue weighted by molar-refractivity contribution is 0.733. The molecule has 6 rings (SSSR count). The standard InChI is InChI=1S/C24H27N.C12H8Br2.C10H15N/c1-5-19(3)20-10-14-23(15-11-20)25(4)24-16-12-22(13-17-24)21-8-6-18(2)7-9-21;13-11-5-1-9(2-6-11)10-3-7-12(14)8-4-10;1-3-8(2)9-4-6-10(11)7-5-9/h6-17,19H,5H2,1-4H3;1-8H;4-8H,3,11H2,1-2H3. The summed E-state index contributed by atoms with van der Waals surface area (Å²) in [6, 6.07) is 51.2.